The van der Waals surface area contributed by atoms with Crippen molar-refractivity contribution in [1.29, 1.82) is 0 Å². The number of amidine groups is 1. The van der Waals surface area contributed by atoms with E-state index in [0.717, 1.165) is 24.0 Å². The highest BCUT2D eigenvalue weighted by atomic mass is 16.5. The second-order valence-electron chi connectivity index (χ2n) is 9.37. The van der Waals surface area contributed by atoms with E-state index >= 15 is 0 Å². The number of nitrogens with one attached hydrogen (secondary N) is 2. The number of ether oxygens (including phenoxy) is 1. The Hall–Kier alpha value is -4.01. The molecule has 9 nitrogen and oxygen atoms in total. The van der Waals surface area contributed by atoms with Crippen molar-refractivity contribution in [2.45, 2.75) is 50.2 Å². The number of carbonyl (C=O) groups excluding carboxylic acids is 3. The van der Waals surface area contributed by atoms with E-state index in [1.807, 2.05) is 42.5 Å². The molecule has 2 atom stereocenters. The van der Waals surface area contributed by atoms with Crippen LogP contribution in [-0.4, -0.2) is 61.6 Å². The quantitative estimate of drug-likeness (QED) is 0.592. The number of anilines is 1. The molecule has 1 aliphatic carbocycles. The molecular weight excluding hydrogens is 458 g/mol. The third-order valence-corrected chi connectivity index (χ3v) is 6.46. The number of aryl methyl sites for hydroxylation is 1. The molecule has 5 rings (SSSR count). The molecule has 3 amide bonds. The summed E-state index contributed by atoms with van der Waals surface area (Å²) in [6, 6.07) is 14.7. The number of benzene rings is 2. The molecule has 0 spiro atoms. The first-order valence-electron chi connectivity index (χ1n) is 12.3. The number of nitrogens with zero attached hydrogens (tertiary/aromatic N) is 3. The van der Waals surface area contributed by atoms with Crippen LogP contribution in [0.5, 0.6) is 5.75 Å². The number of amides is 3. The highest BCUT2D eigenvalue weighted by Gasteiger charge is 2.32. The van der Waals surface area contributed by atoms with Crippen LogP contribution < -0.4 is 20.3 Å². The Labute approximate surface area is 209 Å². The summed E-state index contributed by atoms with van der Waals surface area (Å²) < 4.78 is 5.87. The molecule has 1 saturated carbocycles. The molecule has 1 fully saturated rings. The van der Waals surface area contributed by atoms with Gasteiger partial charge in [0.15, 0.2) is 0 Å². The van der Waals surface area contributed by atoms with Gasteiger partial charge in [-0.3, -0.25) is 19.4 Å². The minimum Gasteiger partial charge on any atom is -0.489 e. The lowest BCUT2D eigenvalue weighted by Crippen LogP contribution is -2.50. The zero-order chi connectivity index (χ0) is 25.1. The lowest BCUT2D eigenvalue weighted by molar-refractivity contribution is -0.124. The number of likely N-dealkylation sites (N-methyl/N-ethyl adjacent to an activating group) is 1. The summed E-state index contributed by atoms with van der Waals surface area (Å²) >= 11 is 0. The topological polar surface area (TPSA) is 112 Å². The van der Waals surface area contributed by atoms with Crippen molar-refractivity contribution in [2.75, 3.05) is 18.6 Å². The number of aliphatic imine (C=N–C) groups is 2. The molecular formula is C27H29N5O4. The lowest BCUT2D eigenvalue weighted by Gasteiger charge is -2.20. The molecule has 9 heteroatoms. The molecule has 0 bridgehead atoms. The molecule has 3 aliphatic rings. The van der Waals surface area contributed by atoms with E-state index in [4.69, 9.17) is 4.74 Å². The van der Waals surface area contributed by atoms with Gasteiger partial charge in [-0.2, -0.15) is 0 Å². The first-order valence-corrected chi connectivity index (χ1v) is 12.3. The largest absolute Gasteiger partial charge is 0.489 e. The molecule has 2 aliphatic heterocycles. The Morgan fingerprint density at radius 3 is 2.67 bits per heavy atom. The summed E-state index contributed by atoms with van der Waals surface area (Å²) in [5.74, 6) is -0.160. The summed E-state index contributed by atoms with van der Waals surface area (Å²) in [5, 5.41) is 5.71. The van der Waals surface area contributed by atoms with E-state index in [1.165, 1.54) is 4.90 Å². The van der Waals surface area contributed by atoms with E-state index in [9.17, 15) is 14.4 Å². The molecule has 0 radical (unpaired) electrons. The first kappa shape index (κ1) is 23.7. The molecule has 1 unspecified atom stereocenters. The van der Waals surface area contributed by atoms with Gasteiger partial charge in [0.1, 0.15) is 18.4 Å². The maximum Gasteiger partial charge on any atom is 0.289 e. The highest BCUT2D eigenvalue weighted by Crippen LogP contribution is 2.32. The second-order valence-corrected chi connectivity index (χ2v) is 9.37. The van der Waals surface area contributed by atoms with E-state index in [0.29, 0.717) is 36.7 Å². The van der Waals surface area contributed by atoms with Crippen LogP contribution in [0.3, 0.4) is 0 Å². The zero-order valence-corrected chi connectivity index (χ0v) is 20.1. The van der Waals surface area contributed by atoms with Gasteiger partial charge < -0.3 is 20.3 Å². The Balaban J connectivity index is 1.19. The third-order valence-electron chi connectivity index (χ3n) is 6.46. The van der Waals surface area contributed by atoms with Crippen molar-refractivity contribution in [3.63, 3.8) is 0 Å². The van der Waals surface area contributed by atoms with Crippen molar-refractivity contribution < 1.29 is 19.1 Å². The minimum absolute atomic E-state index is 0.00447. The van der Waals surface area contributed by atoms with Crippen LogP contribution >= 0.6 is 0 Å². The van der Waals surface area contributed by atoms with Crippen molar-refractivity contribution in [3.05, 3.63) is 59.7 Å². The molecule has 2 aromatic carbocycles. The average Bonchev–Trinajstić information content (AvgIpc) is 3.60. The molecule has 0 aromatic heterocycles. The Kier molecular flexibility index (Phi) is 6.79. The highest BCUT2D eigenvalue weighted by molar-refractivity contribution is 6.41. The maximum absolute atomic E-state index is 13.2. The fraction of sp³-hybridized carbons (Fsp3) is 0.370. The average molecular weight is 488 g/mol. The van der Waals surface area contributed by atoms with Gasteiger partial charge in [-0.25, -0.2) is 4.99 Å². The Bertz CT molecular complexity index is 1220. The summed E-state index contributed by atoms with van der Waals surface area (Å²) in [4.78, 5) is 48.1. The standard InChI is InChI=1S/C27H29N5O4/c1-32-22-14-18(8-12-24(33)29-19-9-10-19)7-11-23(22)36-16-21(27(32)35)31-26(34)25-28-15-20(30-25)13-17-5-3-2-4-6-17/h2-7,11,14-15,19-21H,8-10,12-13,16H2,1H3,(H,29,33)(H,31,34)/t20?,21-/m1/s1. The van der Waals surface area contributed by atoms with Crippen LogP contribution in [0.15, 0.2) is 58.5 Å². The predicted octanol–water partition coefficient (Wildman–Crippen LogP) is 1.83. The van der Waals surface area contributed by atoms with E-state index in [-0.39, 0.29) is 30.3 Å². The van der Waals surface area contributed by atoms with Crippen LogP contribution in [0.4, 0.5) is 5.69 Å². The Morgan fingerprint density at radius 1 is 1.08 bits per heavy atom. The summed E-state index contributed by atoms with van der Waals surface area (Å²) in [5.41, 5.74) is 2.65. The number of fused-ring (bicyclic) bond motifs is 1. The molecule has 2 N–H and O–H groups in total. The number of carbonyl (C=O) groups is 3. The van der Waals surface area contributed by atoms with Crippen LogP contribution in [0.2, 0.25) is 0 Å². The van der Waals surface area contributed by atoms with Crippen LogP contribution in [0, 0.1) is 0 Å². The summed E-state index contributed by atoms with van der Waals surface area (Å²) in [7, 11) is 1.65. The van der Waals surface area contributed by atoms with Gasteiger partial charge in [0, 0.05) is 25.7 Å². The second kappa shape index (κ2) is 10.3. The fourth-order valence-corrected chi connectivity index (χ4v) is 4.26. The smallest absolute Gasteiger partial charge is 0.289 e. The van der Waals surface area contributed by atoms with E-state index in [2.05, 4.69) is 20.6 Å². The fourth-order valence-electron chi connectivity index (χ4n) is 4.26. The van der Waals surface area contributed by atoms with E-state index < -0.39 is 11.9 Å². The number of hydrogen-bond acceptors (Lipinski definition) is 6. The van der Waals surface area contributed by atoms with Gasteiger partial charge in [-0.05, 0) is 48.9 Å². The SMILES string of the molecule is CN1C(=O)[C@H](NC(=O)C2=NC(Cc3ccccc3)C=N2)COc2ccc(CCC(=O)NC3CC3)cc21. The molecule has 186 valence electrons. The van der Waals surface area contributed by atoms with Crippen molar-refractivity contribution in [3.8, 4) is 5.75 Å². The normalized spacial score (nSPS) is 20.8. The summed E-state index contributed by atoms with van der Waals surface area (Å²) in [6.45, 7) is -0.00447. The molecule has 2 heterocycles. The van der Waals surface area contributed by atoms with Crippen molar-refractivity contribution >= 4 is 35.5 Å². The van der Waals surface area contributed by atoms with Crippen LogP contribution in [0.25, 0.3) is 0 Å². The van der Waals surface area contributed by atoms with Crippen molar-refractivity contribution in [2.24, 2.45) is 9.98 Å². The third kappa shape index (κ3) is 5.62. The molecule has 36 heavy (non-hydrogen) atoms. The first-order chi connectivity index (χ1) is 17.5. The molecule has 0 saturated heterocycles. The predicted molar refractivity (Wildman–Crippen MR) is 137 cm³/mol. The zero-order valence-electron chi connectivity index (χ0n) is 20.1. The van der Waals surface area contributed by atoms with E-state index in [1.54, 1.807) is 19.3 Å². The number of rotatable bonds is 8. The Morgan fingerprint density at radius 2 is 1.89 bits per heavy atom. The van der Waals surface area contributed by atoms with Crippen LogP contribution in [0.1, 0.15) is 30.4 Å². The van der Waals surface area contributed by atoms with Crippen molar-refractivity contribution in [1.82, 2.24) is 10.6 Å². The number of hydrogen-bond donors (Lipinski definition) is 2. The van der Waals surface area contributed by atoms with Gasteiger partial charge in [-0.15, -0.1) is 0 Å². The molecule has 2 aromatic rings. The lowest BCUT2D eigenvalue weighted by atomic mass is 10.1. The van der Waals surface area contributed by atoms with Gasteiger partial charge >= 0.3 is 0 Å². The summed E-state index contributed by atoms with van der Waals surface area (Å²) in [6.07, 6.45) is 5.37. The van der Waals surface area contributed by atoms with Gasteiger partial charge in [-0.1, -0.05) is 36.4 Å². The maximum atomic E-state index is 13.2. The van der Waals surface area contributed by atoms with Gasteiger partial charge in [0.25, 0.3) is 11.8 Å². The van der Waals surface area contributed by atoms with Gasteiger partial charge in [0.2, 0.25) is 11.7 Å². The van der Waals surface area contributed by atoms with Gasteiger partial charge in [0.05, 0.1) is 11.7 Å². The van der Waals surface area contributed by atoms with Crippen LogP contribution in [-0.2, 0) is 27.2 Å². The minimum atomic E-state index is -0.881. The monoisotopic (exact) mass is 487 g/mol.